The van der Waals surface area contributed by atoms with E-state index >= 15 is 0 Å². The van der Waals surface area contributed by atoms with Crippen LogP contribution in [-0.4, -0.2) is 36.1 Å². The molecule has 2 rings (SSSR count). The highest BCUT2D eigenvalue weighted by Gasteiger charge is 2.26. The molecule has 104 valence electrons. The number of nitrogens with one attached hydrogen (secondary N) is 2. The summed E-state index contributed by atoms with van der Waals surface area (Å²) in [5.74, 6) is 0.835. The van der Waals surface area contributed by atoms with Crippen molar-refractivity contribution in [2.45, 2.75) is 32.2 Å². The van der Waals surface area contributed by atoms with Crippen LogP contribution in [-0.2, 0) is 4.79 Å². The molecule has 6 nitrogen and oxygen atoms in total. The molecule has 1 unspecified atom stereocenters. The molecule has 0 aromatic carbocycles. The molecule has 2 N–H and O–H groups in total. The molecule has 1 aliphatic rings. The first-order chi connectivity index (χ1) is 9.13. The quantitative estimate of drug-likeness (QED) is 0.843. The minimum atomic E-state index is -0.101. The van der Waals surface area contributed by atoms with Gasteiger partial charge in [-0.15, -0.1) is 0 Å². The van der Waals surface area contributed by atoms with Crippen LogP contribution in [0.2, 0.25) is 0 Å². The second-order valence-electron chi connectivity index (χ2n) is 4.90. The second-order valence-corrected chi connectivity index (χ2v) is 4.90. The van der Waals surface area contributed by atoms with Gasteiger partial charge in [-0.2, -0.15) is 0 Å². The first kappa shape index (κ1) is 13.7. The summed E-state index contributed by atoms with van der Waals surface area (Å²) in [6.45, 7) is 5.51. The molecule has 1 aliphatic heterocycles. The average Bonchev–Trinajstić information content (AvgIpc) is 2.62. The highest BCUT2D eigenvalue weighted by molar-refractivity contribution is 5.77. The van der Waals surface area contributed by atoms with Gasteiger partial charge in [0.05, 0.1) is 18.4 Å². The lowest BCUT2D eigenvalue weighted by Gasteiger charge is -2.21. The lowest BCUT2D eigenvalue weighted by molar-refractivity contribution is -0.121. The number of nitrogens with zero attached hydrogens (tertiary/aromatic N) is 2. The third kappa shape index (κ3) is 3.01. The van der Waals surface area contributed by atoms with Crippen molar-refractivity contribution < 1.29 is 9.53 Å². The monoisotopic (exact) mass is 264 g/mol. The normalized spacial score (nSPS) is 20.0. The van der Waals surface area contributed by atoms with Crippen molar-refractivity contribution in [3.8, 4) is 5.88 Å². The molecule has 0 aliphatic carbocycles. The third-order valence-electron chi connectivity index (χ3n) is 3.19. The molecule has 6 heteroatoms. The van der Waals surface area contributed by atoms with Gasteiger partial charge in [0.15, 0.2) is 0 Å². The van der Waals surface area contributed by atoms with E-state index in [4.69, 9.17) is 4.74 Å². The molecule has 0 spiro atoms. The van der Waals surface area contributed by atoms with Crippen LogP contribution >= 0.6 is 0 Å². The van der Waals surface area contributed by atoms with E-state index in [1.165, 1.54) is 6.33 Å². The number of methoxy groups -OCH3 is 1. The van der Waals surface area contributed by atoms with Gasteiger partial charge in [0.2, 0.25) is 11.8 Å². The van der Waals surface area contributed by atoms with Gasteiger partial charge in [-0.3, -0.25) is 4.79 Å². The fourth-order valence-electron chi connectivity index (χ4n) is 2.32. The van der Waals surface area contributed by atoms with Crippen LogP contribution in [0.3, 0.4) is 0 Å². The molecule has 0 saturated carbocycles. The fraction of sp³-hybridized carbons (Fsp3) is 0.615. The largest absolute Gasteiger partial charge is 0.481 e. The minimum Gasteiger partial charge on any atom is -0.481 e. The molecule has 1 saturated heterocycles. The molecular formula is C13H20N4O2. The SMILES string of the molecule is COc1ncnc(C(C)C)c1C1CC(=O)NCCN1. The van der Waals surface area contributed by atoms with Gasteiger partial charge < -0.3 is 15.4 Å². The van der Waals surface area contributed by atoms with Crippen LogP contribution in [0, 0.1) is 0 Å². The molecule has 0 radical (unpaired) electrons. The van der Waals surface area contributed by atoms with Gasteiger partial charge in [-0.25, -0.2) is 9.97 Å². The summed E-state index contributed by atoms with van der Waals surface area (Å²) in [6.07, 6.45) is 1.89. The highest BCUT2D eigenvalue weighted by Crippen LogP contribution is 2.31. The van der Waals surface area contributed by atoms with E-state index in [1.807, 2.05) is 0 Å². The Morgan fingerprint density at radius 2 is 2.16 bits per heavy atom. The van der Waals surface area contributed by atoms with Crippen LogP contribution in [0.1, 0.15) is 43.5 Å². The number of carbonyl (C=O) groups is 1. The van der Waals surface area contributed by atoms with Gasteiger partial charge >= 0.3 is 0 Å². The lowest BCUT2D eigenvalue weighted by Crippen LogP contribution is -2.25. The fourth-order valence-corrected chi connectivity index (χ4v) is 2.32. The Morgan fingerprint density at radius 3 is 2.84 bits per heavy atom. The summed E-state index contributed by atoms with van der Waals surface area (Å²) >= 11 is 0. The summed E-state index contributed by atoms with van der Waals surface area (Å²) < 4.78 is 5.34. The Bertz CT molecular complexity index is 462. The van der Waals surface area contributed by atoms with Crippen molar-refractivity contribution in [1.29, 1.82) is 0 Å². The van der Waals surface area contributed by atoms with Crippen LogP contribution in [0.4, 0.5) is 0 Å². The average molecular weight is 264 g/mol. The van der Waals surface area contributed by atoms with Gasteiger partial charge in [-0.1, -0.05) is 13.8 Å². The summed E-state index contributed by atoms with van der Waals surface area (Å²) in [5, 5.41) is 6.20. The number of aromatic nitrogens is 2. The molecule has 1 fully saturated rings. The van der Waals surface area contributed by atoms with Crippen LogP contribution in [0.15, 0.2) is 6.33 Å². The van der Waals surface area contributed by atoms with Crippen LogP contribution < -0.4 is 15.4 Å². The maximum Gasteiger partial charge on any atom is 0.221 e. The highest BCUT2D eigenvalue weighted by atomic mass is 16.5. The zero-order valence-electron chi connectivity index (χ0n) is 11.6. The van der Waals surface area contributed by atoms with Crippen molar-refractivity contribution in [2.75, 3.05) is 20.2 Å². The summed E-state index contributed by atoms with van der Waals surface area (Å²) in [5.41, 5.74) is 1.83. The van der Waals surface area contributed by atoms with E-state index in [0.29, 0.717) is 18.8 Å². The van der Waals surface area contributed by atoms with Gasteiger partial charge in [0, 0.05) is 25.6 Å². The molecule has 0 bridgehead atoms. The number of rotatable bonds is 3. The molecular weight excluding hydrogens is 244 g/mol. The number of hydrogen-bond donors (Lipinski definition) is 2. The maximum absolute atomic E-state index is 11.7. The first-order valence-corrected chi connectivity index (χ1v) is 6.52. The minimum absolute atomic E-state index is 0.0376. The first-order valence-electron chi connectivity index (χ1n) is 6.52. The number of ether oxygens (including phenoxy) is 1. The van der Waals surface area contributed by atoms with E-state index in [-0.39, 0.29) is 17.9 Å². The third-order valence-corrected chi connectivity index (χ3v) is 3.19. The Hall–Kier alpha value is -1.69. The number of hydrogen-bond acceptors (Lipinski definition) is 5. The maximum atomic E-state index is 11.7. The topological polar surface area (TPSA) is 76.1 Å². The van der Waals surface area contributed by atoms with E-state index in [2.05, 4.69) is 34.4 Å². The molecule has 1 amide bonds. The Labute approximate surface area is 113 Å². The Balaban J connectivity index is 2.43. The van der Waals surface area contributed by atoms with Gasteiger partial charge in [-0.05, 0) is 5.92 Å². The zero-order valence-corrected chi connectivity index (χ0v) is 11.6. The number of carbonyl (C=O) groups excluding carboxylic acids is 1. The molecule has 1 aromatic heterocycles. The number of amides is 1. The van der Waals surface area contributed by atoms with E-state index < -0.39 is 0 Å². The summed E-state index contributed by atoms with van der Waals surface area (Å²) in [7, 11) is 1.59. The lowest BCUT2D eigenvalue weighted by atomic mass is 9.96. The summed E-state index contributed by atoms with van der Waals surface area (Å²) in [4.78, 5) is 20.2. The van der Waals surface area contributed by atoms with Crippen molar-refractivity contribution in [1.82, 2.24) is 20.6 Å². The van der Waals surface area contributed by atoms with Crippen molar-refractivity contribution in [3.05, 3.63) is 17.6 Å². The molecule has 19 heavy (non-hydrogen) atoms. The van der Waals surface area contributed by atoms with Crippen molar-refractivity contribution in [2.24, 2.45) is 0 Å². The predicted octanol–water partition coefficient (Wildman–Crippen LogP) is 0.759. The zero-order chi connectivity index (χ0) is 13.8. The Morgan fingerprint density at radius 1 is 1.37 bits per heavy atom. The van der Waals surface area contributed by atoms with E-state index in [1.54, 1.807) is 7.11 Å². The van der Waals surface area contributed by atoms with E-state index in [9.17, 15) is 4.79 Å². The predicted molar refractivity (Wildman–Crippen MR) is 71.0 cm³/mol. The smallest absolute Gasteiger partial charge is 0.221 e. The van der Waals surface area contributed by atoms with E-state index in [0.717, 1.165) is 17.8 Å². The second kappa shape index (κ2) is 5.97. The van der Waals surface area contributed by atoms with Crippen molar-refractivity contribution in [3.63, 3.8) is 0 Å². The molecule has 1 atom stereocenters. The standard InChI is InChI=1S/C13H20N4O2/c1-8(2)12-11(13(19-3)17-7-16-12)9-6-10(18)15-5-4-14-9/h7-9,14H,4-6H2,1-3H3,(H,15,18). The molecule has 1 aromatic rings. The van der Waals surface area contributed by atoms with Crippen molar-refractivity contribution >= 4 is 5.91 Å². The summed E-state index contributed by atoms with van der Waals surface area (Å²) in [6, 6.07) is -0.101. The molecule has 2 heterocycles. The van der Waals surface area contributed by atoms with Gasteiger partial charge in [0.1, 0.15) is 6.33 Å². The van der Waals surface area contributed by atoms with Crippen LogP contribution in [0.25, 0.3) is 0 Å². The van der Waals surface area contributed by atoms with Gasteiger partial charge in [0.25, 0.3) is 0 Å². The van der Waals surface area contributed by atoms with Crippen LogP contribution in [0.5, 0.6) is 5.88 Å². The Kier molecular flexibility index (Phi) is 4.31.